The topological polar surface area (TPSA) is 58.7 Å². The fourth-order valence-electron chi connectivity index (χ4n) is 5.78. The molecule has 6 rings (SSSR count). The highest BCUT2D eigenvalue weighted by atomic mass is 35.5. The van der Waals surface area contributed by atoms with Crippen LogP contribution in [0.4, 0.5) is 0 Å². The van der Waals surface area contributed by atoms with E-state index in [2.05, 4.69) is 34.1 Å². The zero-order chi connectivity index (χ0) is 25.2. The zero-order valence-corrected chi connectivity index (χ0v) is 21.5. The van der Waals surface area contributed by atoms with Gasteiger partial charge in [-0.05, 0) is 91.9 Å². The van der Waals surface area contributed by atoms with Crippen molar-refractivity contribution in [2.45, 2.75) is 43.8 Å². The van der Waals surface area contributed by atoms with E-state index < -0.39 is 5.60 Å². The Labute approximate surface area is 222 Å². The summed E-state index contributed by atoms with van der Waals surface area (Å²) in [6.45, 7) is 3.24. The minimum atomic E-state index is -0.772. The van der Waals surface area contributed by atoms with Gasteiger partial charge in [0.2, 0.25) is 0 Å². The van der Waals surface area contributed by atoms with Crippen molar-refractivity contribution >= 4 is 11.6 Å². The standard InChI is InChI=1S/C31H31ClN2O3/c32-24-10-8-23(9-11-24)31(35)13-17-34(18-14-31)16-2-5-25-26-4-1-15-33-28(26)21-37-30-12-7-22(20-27(25)30)29-6-3-19-36-29/h1,3-4,6-12,15,19-20,25,35H,2,5,13-14,16-18,21H2. The van der Waals surface area contributed by atoms with Gasteiger partial charge in [0.25, 0.3) is 0 Å². The minimum absolute atomic E-state index is 0.201. The van der Waals surface area contributed by atoms with Crippen LogP contribution in [0.25, 0.3) is 11.3 Å². The van der Waals surface area contributed by atoms with Gasteiger partial charge in [-0.1, -0.05) is 29.8 Å². The number of benzene rings is 2. The van der Waals surface area contributed by atoms with E-state index in [1.165, 1.54) is 11.1 Å². The van der Waals surface area contributed by atoms with Crippen molar-refractivity contribution in [1.82, 2.24) is 9.88 Å². The van der Waals surface area contributed by atoms with Gasteiger partial charge in [0, 0.05) is 41.4 Å². The van der Waals surface area contributed by atoms with Crippen LogP contribution >= 0.6 is 11.6 Å². The van der Waals surface area contributed by atoms with Gasteiger partial charge in [-0.25, -0.2) is 0 Å². The van der Waals surface area contributed by atoms with Crippen LogP contribution in [0.5, 0.6) is 5.75 Å². The number of nitrogens with zero attached hydrogens (tertiary/aromatic N) is 2. The SMILES string of the molecule is OC1(c2ccc(Cl)cc2)CCN(CCCC2c3cc(-c4ccco4)ccc3OCc3ncccc32)CC1. The number of halogens is 1. The van der Waals surface area contributed by atoms with Crippen molar-refractivity contribution in [3.05, 3.63) is 107 Å². The van der Waals surface area contributed by atoms with Crippen LogP contribution in [0, 0.1) is 0 Å². The number of hydrogen-bond donors (Lipinski definition) is 1. The Morgan fingerprint density at radius 2 is 1.84 bits per heavy atom. The van der Waals surface area contributed by atoms with Gasteiger partial charge >= 0.3 is 0 Å². The molecule has 190 valence electrons. The third-order valence-electron chi connectivity index (χ3n) is 7.89. The van der Waals surface area contributed by atoms with E-state index in [9.17, 15) is 5.11 Å². The molecule has 0 amide bonds. The summed E-state index contributed by atoms with van der Waals surface area (Å²) in [7, 11) is 0. The van der Waals surface area contributed by atoms with Gasteiger partial charge in [-0.2, -0.15) is 0 Å². The molecule has 0 saturated carbocycles. The molecule has 0 radical (unpaired) electrons. The summed E-state index contributed by atoms with van der Waals surface area (Å²) in [5.41, 5.74) is 4.69. The highest BCUT2D eigenvalue weighted by Crippen LogP contribution is 2.42. The van der Waals surface area contributed by atoms with Crippen LogP contribution in [-0.4, -0.2) is 34.6 Å². The van der Waals surface area contributed by atoms with E-state index in [0.717, 1.165) is 73.6 Å². The van der Waals surface area contributed by atoms with Gasteiger partial charge in [-0.15, -0.1) is 0 Å². The van der Waals surface area contributed by atoms with E-state index in [-0.39, 0.29) is 5.92 Å². The van der Waals surface area contributed by atoms with Crippen LogP contribution in [0.15, 0.2) is 83.6 Å². The molecule has 5 nitrogen and oxygen atoms in total. The quantitative estimate of drug-likeness (QED) is 0.307. The molecular formula is C31H31ClN2O3. The van der Waals surface area contributed by atoms with Crippen LogP contribution in [0.2, 0.25) is 5.02 Å². The average molecular weight is 515 g/mol. The Balaban J connectivity index is 1.16. The Morgan fingerprint density at radius 3 is 2.62 bits per heavy atom. The normalized spacial score (nSPS) is 18.9. The van der Waals surface area contributed by atoms with Crippen molar-refractivity contribution in [2.24, 2.45) is 0 Å². The Morgan fingerprint density at radius 1 is 1.00 bits per heavy atom. The first-order valence-electron chi connectivity index (χ1n) is 13.0. The first kappa shape index (κ1) is 24.2. The number of piperidine rings is 1. The second-order valence-electron chi connectivity index (χ2n) is 10.1. The minimum Gasteiger partial charge on any atom is -0.487 e. The Kier molecular flexibility index (Phi) is 6.76. The van der Waals surface area contributed by atoms with Crippen molar-refractivity contribution < 1.29 is 14.3 Å². The second-order valence-corrected chi connectivity index (χ2v) is 10.6. The van der Waals surface area contributed by atoms with Gasteiger partial charge in [-0.3, -0.25) is 4.98 Å². The van der Waals surface area contributed by atoms with E-state index in [4.69, 9.17) is 20.8 Å². The van der Waals surface area contributed by atoms with E-state index in [1.54, 1.807) is 6.26 Å². The molecule has 6 heteroatoms. The number of rotatable bonds is 6. The molecule has 1 N–H and O–H groups in total. The smallest absolute Gasteiger partial charge is 0.133 e. The summed E-state index contributed by atoms with van der Waals surface area (Å²) in [4.78, 5) is 7.12. The predicted molar refractivity (Wildman–Crippen MR) is 145 cm³/mol. The summed E-state index contributed by atoms with van der Waals surface area (Å²) >= 11 is 6.04. The molecule has 37 heavy (non-hydrogen) atoms. The summed E-state index contributed by atoms with van der Waals surface area (Å²) in [6, 6.07) is 22.1. The number of fused-ring (bicyclic) bond motifs is 2. The fourth-order valence-corrected chi connectivity index (χ4v) is 5.90. The lowest BCUT2D eigenvalue weighted by atomic mass is 9.84. The van der Waals surface area contributed by atoms with Crippen LogP contribution in [0.1, 0.15) is 54.0 Å². The number of hydrogen-bond acceptors (Lipinski definition) is 5. The summed E-state index contributed by atoms with van der Waals surface area (Å²) in [5, 5.41) is 11.9. The van der Waals surface area contributed by atoms with Gasteiger partial charge in [0.15, 0.2) is 0 Å². The third kappa shape index (κ3) is 5.04. The molecule has 1 atom stereocenters. The second kappa shape index (κ2) is 10.3. The van der Waals surface area contributed by atoms with Crippen molar-refractivity contribution in [3.63, 3.8) is 0 Å². The first-order valence-corrected chi connectivity index (χ1v) is 13.4. The third-order valence-corrected chi connectivity index (χ3v) is 8.14. The molecule has 1 saturated heterocycles. The Hall–Kier alpha value is -3.12. The molecule has 1 fully saturated rings. The lowest BCUT2D eigenvalue weighted by molar-refractivity contribution is -0.0261. The van der Waals surface area contributed by atoms with E-state index in [0.29, 0.717) is 11.6 Å². The molecule has 0 spiro atoms. The maximum atomic E-state index is 11.2. The van der Waals surface area contributed by atoms with Crippen LogP contribution in [0.3, 0.4) is 0 Å². The predicted octanol–water partition coefficient (Wildman–Crippen LogP) is 6.78. The molecule has 0 aliphatic carbocycles. The summed E-state index contributed by atoms with van der Waals surface area (Å²) in [5.74, 6) is 1.98. The molecular weight excluding hydrogens is 484 g/mol. The fraction of sp³-hybridized carbons (Fsp3) is 0.323. The number of aliphatic hydroxyl groups is 1. The number of ether oxygens (including phenoxy) is 1. The summed E-state index contributed by atoms with van der Waals surface area (Å²) in [6.07, 6.45) is 7.05. The average Bonchev–Trinajstić information content (AvgIpc) is 3.42. The molecule has 2 aromatic carbocycles. The van der Waals surface area contributed by atoms with E-state index in [1.807, 2.05) is 48.7 Å². The molecule has 2 aliphatic rings. The Bertz CT molecular complexity index is 1350. The first-order chi connectivity index (χ1) is 18.1. The summed E-state index contributed by atoms with van der Waals surface area (Å²) < 4.78 is 11.9. The molecule has 4 heterocycles. The number of aromatic nitrogens is 1. The molecule has 1 unspecified atom stereocenters. The molecule has 4 aromatic rings. The monoisotopic (exact) mass is 514 g/mol. The maximum Gasteiger partial charge on any atom is 0.133 e. The highest BCUT2D eigenvalue weighted by molar-refractivity contribution is 6.30. The van der Waals surface area contributed by atoms with Crippen molar-refractivity contribution in [2.75, 3.05) is 19.6 Å². The zero-order valence-electron chi connectivity index (χ0n) is 20.8. The molecule has 2 aliphatic heterocycles. The van der Waals surface area contributed by atoms with Crippen molar-refractivity contribution in [1.29, 1.82) is 0 Å². The lowest BCUT2D eigenvalue weighted by Crippen LogP contribution is -2.42. The van der Waals surface area contributed by atoms with Gasteiger partial charge in [0.05, 0.1) is 17.6 Å². The molecule has 0 bridgehead atoms. The number of pyridine rings is 1. The van der Waals surface area contributed by atoms with Crippen LogP contribution in [-0.2, 0) is 12.2 Å². The highest BCUT2D eigenvalue weighted by Gasteiger charge is 2.34. The number of likely N-dealkylation sites (tertiary alicyclic amines) is 1. The maximum absolute atomic E-state index is 11.2. The van der Waals surface area contributed by atoms with Crippen molar-refractivity contribution in [3.8, 4) is 17.1 Å². The van der Waals surface area contributed by atoms with Gasteiger partial charge < -0.3 is 19.2 Å². The van der Waals surface area contributed by atoms with Crippen LogP contribution < -0.4 is 4.74 Å². The van der Waals surface area contributed by atoms with E-state index >= 15 is 0 Å². The number of furan rings is 1. The molecule has 2 aromatic heterocycles. The lowest BCUT2D eigenvalue weighted by Gasteiger charge is -2.38. The van der Waals surface area contributed by atoms with Gasteiger partial charge in [0.1, 0.15) is 18.1 Å². The largest absolute Gasteiger partial charge is 0.487 e.